The van der Waals surface area contributed by atoms with E-state index in [1.165, 1.54) is 35.9 Å². The van der Waals surface area contributed by atoms with Crippen molar-refractivity contribution in [3.05, 3.63) is 11.1 Å². The molecule has 1 aromatic heterocycles. The van der Waals surface area contributed by atoms with E-state index in [0.29, 0.717) is 31.9 Å². The second-order valence-electron chi connectivity index (χ2n) is 6.19. The van der Waals surface area contributed by atoms with Crippen LogP contribution >= 0.6 is 23.1 Å². The molecule has 0 bridgehead atoms. The molecule has 8 heteroatoms. The molecule has 0 spiro atoms. The number of thiazole rings is 1. The maximum Gasteiger partial charge on any atom is 0.273 e. The Bertz CT molecular complexity index is 548. The molecule has 1 aromatic rings. The van der Waals surface area contributed by atoms with Crippen molar-refractivity contribution in [2.45, 2.75) is 22.8 Å². The fraction of sp³-hybridized carbons (Fsp3) is 0.733. The molecule has 2 aliphatic rings. The van der Waals surface area contributed by atoms with Crippen molar-refractivity contribution in [3.63, 3.8) is 0 Å². The summed E-state index contributed by atoms with van der Waals surface area (Å²) in [5.74, 6) is -0.119. The van der Waals surface area contributed by atoms with Gasteiger partial charge in [0.2, 0.25) is 0 Å². The third kappa shape index (κ3) is 4.24. The van der Waals surface area contributed by atoms with Crippen LogP contribution in [0, 0.1) is 0 Å². The number of amides is 1. The average molecular weight is 358 g/mol. The van der Waals surface area contributed by atoms with Crippen LogP contribution in [-0.4, -0.2) is 83.6 Å². The first-order valence-corrected chi connectivity index (χ1v) is 10.0. The zero-order valence-corrected chi connectivity index (χ0v) is 15.0. The van der Waals surface area contributed by atoms with Gasteiger partial charge in [0.15, 0.2) is 0 Å². The molecule has 1 amide bonds. The van der Waals surface area contributed by atoms with Crippen LogP contribution in [0.15, 0.2) is 9.72 Å². The Kier molecular flexibility index (Phi) is 5.58. The van der Waals surface area contributed by atoms with Crippen molar-refractivity contribution in [2.75, 3.05) is 52.2 Å². The van der Waals surface area contributed by atoms with Crippen molar-refractivity contribution >= 4 is 29.0 Å². The summed E-state index contributed by atoms with van der Waals surface area (Å²) in [5, 5.41) is 12.7. The minimum Gasteiger partial charge on any atom is -0.384 e. The Morgan fingerprint density at radius 1 is 1.48 bits per heavy atom. The second-order valence-corrected chi connectivity index (χ2v) is 8.10. The molecular formula is C15H23N3O3S2. The first-order valence-electron chi connectivity index (χ1n) is 7.91. The van der Waals surface area contributed by atoms with Crippen LogP contribution in [0.4, 0.5) is 0 Å². The first-order chi connectivity index (χ1) is 11.1. The predicted molar refractivity (Wildman–Crippen MR) is 91.2 cm³/mol. The number of nitrogens with zero attached hydrogens (tertiary/aromatic N) is 3. The molecule has 0 aromatic carbocycles. The van der Waals surface area contributed by atoms with Gasteiger partial charge < -0.3 is 19.6 Å². The van der Waals surface area contributed by atoms with Gasteiger partial charge in [-0.25, -0.2) is 4.98 Å². The standard InChI is InChI=1S/C15H23N3O3S2/c1-22-14-16-12(8-23-14)13(19)18-6-7-21-11-15(20,10-18)9-17-4-2-3-5-17/h8,20H,2-7,9-11H2,1H3. The van der Waals surface area contributed by atoms with Crippen molar-refractivity contribution in [1.29, 1.82) is 0 Å². The molecule has 128 valence electrons. The summed E-state index contributed by atoms with van der Waals surface area (Å²) < 4.78 is 6.45. The van der Waals surface area contributed by atoms with Gasteiger partial charge >= 0.3 is 0 Å². The van der Waals surface area contributed by atoms with Crippen LogP contribution in [-0.2, 0) is 4.74 Å². The highest BCUT2D eigenvalue weighted by Gasteiger charge is 2.37. The van der Waals surface area contributed by atoms with Gasteiger partial charge in [0.05, 0.1) is 19.8 Å². The lowest BCUT2D eigenvalue weighted by Crippen LogP contribution is -2.53. The van der Waals surface area contributed by atoms with Crippen LogP contribution in [0.25, 0.3) is 0 Å². The van der Waals surface area contributed by atoms with Gasteiger partial charge in [-0.2, -0.15) is 0 Å². The highest BCUT2D eigenvalue weighted by Crippen LogP contribution is 2.23. The van der Waals surface area contributed by atoms with E-state index in [1.54, 1.807) is 10.3 Å². The van der Waals surface area contributed by atoms with E-state index in [4.69, 9.17) is 4.74 Å². The normalized spacial score (nSPS) is 26.4. The Hall–Kier alpha value is -0.670. The summed E-state index contributed by atoms with van der Waals surface area (Å²) >= 11 is 3.01. The molecule has 6 nitrogen and oxygen atoms in total. The maximum absolute atomic E-state index is 12.7. The Morgan fingerprint density at radius 3 is 2.96 bits per heavy atom. The zero-order chi connectivity index (χ0) is 16.3. The molecule has 0 radical (unpaired) electrons. The highest BCUT2D eigenvalue weighted by atomic mass is 32.2. The summed E-state index contributed by atoms with van der Waals surface area (Å²) in [7, 11) is 0. The van der Waals surface area contributed by atoms with Crippen molar-refractivity contribution < 1.29 is 14.6 Å². The van der Waals surface area contributed by atoms with Gasteiger partial charge in [0, 0.05) is 18.5 Å². The quantitative estimate of drug-likeness (QED) is 0.816. The van der Waals surface area contributed by atoms with E-state index in [9.17, 15) is 9.90 Å². The van der Waals surface area contributed by atoms with Gasteiger partial charge in [-0.15, -0.1) is 11.3 Å². The molecule has 1 unspecified atom stereocenters. The average Bonchev–Trinajstić information content (AvgIpc) is 3.17. The summed E-state index contributed by atoms with van der Waals surface area (Å²) in [5.41, 5.74) is -0.542. The minimum atomic E-state index is -1.01. The molecule has 1 atom stereocenters. The number of aromatic nitrogens is 1. The second kappa shape index (κ2) is 7.48. The molecule has 2 fully saturated rings. The molecule has 2 saturated heterocycles. The van der Waals surface area contributed by atoms with Gasteiger partial charge in [-0.1, -0.05) is 11.8 Å². The molecule has 2 aliphatic heterocycles. The topological polar surface area (TPSA) is 65.9 Å². The molecule has 3 heterocycles. The summed E-state index contributed by atoms with van der Waals surface area (Å²) in [6, 6.07) is 0. The molecule has 0 saturated carbocycles. The number of rotatable bonds is 4. The number of likely N-dealkylation sites (tertiary alicyclic amines) is 1. The summed E-state index contributed by atoms with van der Waals surface area (Å²) in [6.07, 6.45) is 4.30. The van der Waals surface area contributed by atoms with Crippen molar-refractivity contribution in [3.8, 4) is 0 Å². The van der Waals surface area contributed by atoms with E-state index in [2.05, 4.69) is 9.88 Å². The largest absolute Gasteiger partial charge is 0.384 e. The first kappa shape index (κ1) is 17.2. The number of β-amino-alcohol motifs (C(OH)–C–C–N with tert-alkyl or cyclic N) is 1. The zero-order valence-electron chi connectivity index (χ0n) is 13.4. The SMILES string of the molecule is CSc1nc(C(=O)N2CCOCC(O)(CN3CCCC3)C2)cs1. The number of carbonyl (C=O) groups is 1. The van der Waals surface area contributed by atoms with Gasteiger partial charge in [-0.3, -0.25) is 4.79 Å². The lowest BCUT2D eigenvalue weighted by molar-refractivity contribution is -0.0524. The number of aliphatic hydroxyl groups is 1. The van der Waals surface area contributed by atoms with E-state index in [0.717, 1.165) is 17.4 Å². The van der Waals surface area contributed by atoms with E-state index >= 15 is 0 Å². The van der Waals surface area contributed by atoms with E-state index < -0.39 is 5.60 Å². The highest BCUT2D eigenvalue weighted by molar-refractivity contribution is 8.00. The summed E-state index contributed by atoms with van der Waals surface area (Å²) in [6.45, 7) is 4.11. The van der Waals surface area contributed by atoms with E-state index in [1.807, 2.05) is 6.26 Å². The number of carbonyl (C=O) groups excluding carboxylic acids is 1. The fourth-order valence-corrected chi connectivity index (χ4v) is 4.39. The smallest absolute Gasteiger partial charge is 0.273 e. The molecule has 0 aliphatic carbocycles. The van der Waals surface area contributed by atoms with Gasteiger partial charge in [0.1, 0.15) is 15.6 Å². The summed E-state index contributed by atoms with van der Waals surface area (Å²) in [4.78, 5) is 21.0. The third-order valence-electron chi connectivity index (χ3n) is 4.24. The number of thioether (sulfide) groups is 1. The lowest BCUT2D eigenvalue weighted by atomic mass is 10.0. The monoisotopic (exact) mass is 357 g/mol. The molecule has 1 N–H and O–H groups in total. The van der Waals surface area contributed by atoms with Crippen LogP contribution < -0.4 is 0 Å². The molecular weight excluding hydrogens is 334 g/mol. The third-order valence-corrected chi connectivity index (χ3v) is 6.11. The van der Waals surface area contributed by atoms with Crippen LogP contribution in [0.2, 0.25) is 0 Å². The van der Waals surface area contributed by atoms with Crippen molar-refractivity contribution in [2.24, 2.45) is 0 Å². The van der Waals surface area contributed by atoms with E-state index in [-0.39, 0.29) is 12.5 Å². The number of hydrogen-bond donors (Lipinski definition) is 1. The van der Waals surface area contributed by atoms with Crippen LogP contribution in [0.5, 0.6) is 0 Å². The maximum atomic E-state index is 12.7. The minimum absolute atomic E-state index is 0.119. The lowest BCUT2D eigenvalue weighted by Gasteiger charge is -2.33. The van der Waals surface area contributed by atoms with Gasteiger partial charge in [-0.05, 0) is 32.2 Å². The fourth-order valence-electron chi connectivity index (χ4n) is 3.15. The van der Waals surface area contributed by atoms with Crippen molar-refractivity contribution in [1.82, 2.24) is 14.8 Å². The number of ether oxygens (including phenoxy) is 1. The predicted octanol–water partition coefficient (Wildman–Crippen LogP) is 1.16. The van der Waals surface area contributed by atoms with Gasteiger partial charge in [0.25, 0.3) is 5.91 Å². The Labute approximate surface area is 144 Å². The van der Waals surface area contributed by atoms with Crippen LogP contribution in [0.3, 0.4) is 0 Å². The molecule has 3 rings (SSSR count). The Morgan fingerprint density at radius 2 is 2.26 bits per heavy atom. The molecule has 23 heavy (non-hydrogen) atoms. The van der Waals surface area contributed by atoms with Crippen LogP contribution in [0.1, 0.15) is 23.3 Å². The Balaban J connectivity index is 1.69. The number of hydrogen-bond acceptors (Lipinski definition) is 7.